The molecule has 132 valence electrons. The van der Waals surface area contributed by atoms with Gasteiger partial charge in [-0.1, -0.05) is 0 Å². The molecular weight excluding hydrogens is 276 g/mol. The van der Waals surface area contributed by atoms with Crippen LogP contribution in [0, 0.1) is 0 Å². The minimum atomic E-state index is 0.139. The Balaban J connectivity index is -0.000000231. The van der Waals surface area contributed by atoms with Gasteiger partial charge in [-0.2, -0.15) is 0 Å². The van der Waals surface area contributed by atoms with Gasteiger partial charge in [0.1, 0.15) is 0 Å². The number of hydrogen-bond donors (Lipinski definition) is 9. The van der Waals surface area contributed by atoms with Gasteiger partial charge in [-0.05, 0) is 0 Å². The molecule has 9 nitrogen and oxygen atoms in total. The fraction of sp³-hybridized carbons (Fsp3) is 1.00. The zero-order valence-electron chi connectivity index (χ0n) is 13.1. The molecule has 0 aliphatic rings. The van der Waals surface area contributed by atoms with E-state index in [4.69, 9.17) is 32.5 Å². The number of nitrogens with one attached hydrogen (secondary N) is 3. The van der Waals surface area contributed by atoms with Gasteiger partial charge in [-0.25, -0.2) is 0 Å². The quantitative estimate of drug-likeness (QED) is 0.161. The normalized spacial score (nSPS) is 9.43. The van der Waals surface area contributed by atoms with Crippen LogP contribution in [0.15, 0.2) is 0 Å². The number of nitrogens with two attached hydrogens (primary N) is 3. The Morgan fingerprint density at radius 2 is 0.714 bits per heavy atom. The molecule has 0 fully saturated rings. The van der Waals surface area contributed by atoms with E-state index in [1.165, 1.54) is 0 Å². The van der Waals surface area contributed by atoms with Crippen LogP contribution >= 0.6 is 0 Å². The average Bonchev–Trinajstić information content (AvgIpc) is 2.50. The molecule has 0 aliphatic heterocycles. The van der Waals surface area contributed by atoms with Gasteiger partial charge < -0.3 is 48.5 Å². The van der Waals surface area contributed by atoms with E-state index in [0.29, 0.717) is 39.3 Å². The van der Waals surface area contributed by atoms with E-state index in [0.717, 1.165) is 19.6 Å². The van der Waals surface area contributed by atoms with Crippen LogP contribution in [0.2, 0.25) is 0 Å². The maximum absolute atomic E-state index is 8.19. The monoisotopic (exact) mass is 312 g/mol. The molecule has 0 spiro atoms. The summed E-state index contributed by atoms with van der Waals surface area (Å²) >= 11 is 0. The van der Waals surface area contributed by atoms with Gasteiger partial charge in [0.15, 0.2) is 0 Å². The predicted octanol–water partition coefficient (Wildman–Crippen LogP) is -4.42. The van der Waals surface area contributed by atoms with Crippen LogP contribution < -0.4 is 33.2 Å². The van der Waals surface area contributed by atoms with Gasteiger partial charge in [-0.3, -0.25) is 0 Å². The van der Waals surface area contributed by atoms with E-state index >= 15 is 0 Å². The molecule has 0 amide bonds. The van der Waals surface area contributed by atoms with Crippen LogP contribution in [0.5, 0.6) is 0 Å². The molecule has 0 heterocycles. The second-order valence-corrected chi connectivity index (χ2v) is 3.79. The Kier molecular flexibility index (Phi) is 38.8. The number of rotatable bonds is 12. The lowest BCUT2D eigenvalue weighted by atomic mass is 10.6. The third-order valence-electron chi connectivity index (χ3n) is 1.83. The zero-order valence-corrected chi connectivity index (χ0v) is 13.1. The fourth-order valence-electron chi connectivity index (χ4n) is 0.918. The van der Waals surface area contributed by atoms with E-state index in [9.17, 15) is 0 Å². The smallest absolute Gasteiger partial charge is 0.0555 e. The molecule has 0 aromatic rings. The summed E-state index contributed by atoms with van der Waals surface area (Å²) in [6.45, 7) is 6.83. The highest BCUT2D eigenvalue weighted by Crippen LogP contribution is 1.54. The van der Waals surface area contributed by atoms with Crippen LogP contribution in [0.4, 0.5) is 0 Å². The Morgan fingerprint density at radius 3 is 0.952 bits per heavy atom. The fourth-order valence-corrected chi connectivity index (χ4v) is 0.918. The number of hydrogen-bond acceptors (Lipinski definition) is 9. The van der Waals surface area contributed by atoms with Gasteiger partial charge in [-0.15, -0.1) is 0 Å². The van der Waals surface area contributed by atoms with E-state index < -0.39 is 0 Å². The van der Waals surface area contributed by atoms with Crippen LogP contribution in [0.1, 0.15) is 0 Å². The highest BCUT2D eigenvalue weighted by Gasteiger charge is 1.78. The Bertz CT molecular complexity index is 110. The lowest BCUT2D eigenvalue weighted by Gasteiger charge is -1.95. The summed E-state index contributed by atoms with van der Waals surface area (Å²) in [5.74, 6) is 0. The molecule has 0 atom stereocenters. The maximum atomic E-state index is 8.19. The van der Waals surface area contributed by atoms with Crippen molar-refractivity contribution in [1.29, 1.82) is 0 Å². The van der Waals surface area contributed by atoms with Crippen molar-refractivity contribution in [1.82, 2.24) is 16.0 Å². The van der Waals surface area contributed by atoms with Crippen molar-refractivity contribution in [2.75, 3.05) is 78.7 Å². The van der Waals surface area contributed by atoms with Crippen LogP contribution in [-0.4, -0.2) is 94.0 Å². The SMILES string of the molecule is NCCNCCN.NCCNCCO.OCCNCCO. The third-order valence-corrected chi connectivity index (χ3v) is 1.83. The molecule has 0 bridgehead atoms. The maximum Gasteiger partial charge on any atom is 0.0555 e. The van der Waals surface area contributed by atoms with Gasteiger partial charge in [0.05, 0.1) is 19.8 Å². The summed E-state index contributed by atoms with van der Waals surface area (Å²) in [7, 11) is 0. The molecule has 0 saturated heterocycles. The van der Waals surface area contributed by atoms with Gasteiger partial charge in [0.2, 0.25) is 0 Å². The standard InChI is InChI=1S/C4H13N3.C4H12N2O.C4H11NO2/c5-1-3-7-4-2-6;5-1-2-6-3-4-7;6-3-1-5-2-4-7/h7H,1-6H2;6-7H,1-5H2;5-7H,1-4H2. The Labute approximate surface area is 128 Å². The molecule has 12 N–H and O–H groups in total. The first-order chi connectivity index (χ1) is 10.2. The summed E-state index contributed by atoms with van der Waals surface area (Å²) in [4.78, 5) is 0. The van der Waals surface area contributed by atoms with Crippen molar-refractivity contribution >= 4 is 0 Å². The van der Waals surface area contributed by atoms with Gasteiger partial charge in [0, 0.05) is 58.9 Å². The lowest BCUT2D eigenvalue weighted by molar-refractivity contribution is 0.266. The molecule has 0 aliphatic carbocycles. The molecular formula is C12H36N6O3. The Hall–Kier alpha value is -0.360. The topological polar surface area (TPSA) is 175 Å². The van der Waals surface area contributed by atoms with Gasteiger partial charge >= 0.3 is 0 Å². The second-order valence-electron chi connectivity index (χ2n) is 3.79. The van der Waals surface area contributed by atoms with E-state index in [2.05, 4.69) is 16.0 Å². The number of aliphatic hydroxyl groups excluding tert-OH is 3. The van der Waals surface area contributed by atoms with E-state index in [1.54, 1.807) is 0 Å². The lowest BCUT2D eigenvalue weighted by Crippen LogP contribution is -2.27. The molecule has 21 heavy (non-hydrogen) atoms. The molecule has 0 unspecified atom stereocenters. The first kappa shape index (κ1) is 25.6. The number of aliphatic hydroxyl groups is 3. The van der Waals surface area contributed by atoms with Crippen molar-refractivity contribution in [3.63, 3.8) is 0 Å². The van der Waals surface area contributed by atoms with Crippen molar-refractivity contribution < 1.29 is 15.3 Å². The van der Waals surface area contributed by atoms with E-state index in [-0.39, 0.29) is 19.8 Å². The van der Waals surface area contributed by atoms with Crippen LogP contribution in [0.3, 0.4) is 0 Å². The molecule has 0 rings (SSSR count). The predicted molar refractivity (Wildman–Crippen MR) is 87.0 cm³/mol. The third kappa shape index (κ3) is 45.1. The summed E-state index contributed by atoms with van der Waals surface area (Å²) in [5.41, 5.74) is 15.5. The first-order valence-corrected chi connectivity index (χ1v) is 7.29. The first-order valence-electron chi connectivity index (χ1n) is 7.29. The zero-order chi connectivity index (χ0) is 16.6. The molecule has 0 saturated carbocycles. The molecule has 0 aromatic heterocycles. The van der Waals surface area contributed by atoms with Crippen LogP contribution in [0.25, 0.3) is 0 Å². The molecule has 9 heteroatoms. The van der Waals surface area contributed by atoms with Gasteiger partial charge in [0.25, 0.3) is 0 Å². The summed E-state index contributed by atoms with van der Waals surface area (Å²) in [5, 5.41) is 33.2. The van der Waals surface area contributed by atoms with E-state index in [1.807, 2.05) is 0 Å². The molecule has 0 aromatic carbocycles. The van der Waals surface area contributed by atoms with Crippen molar-refractivity contribution in [3.05, 3.63) is 0 Å². The van der Waals surface area contributed by atoms with Crippen molar-refractivity contribution in [3.8, 4) is 0 Å². The Morgan fingerprint density at radius 1 is 0.476 bits per heavy atom. The van der Waals surface area contributed by atoms with Crippen LogP contribution in [-0.2, 0) is 0 Å². The minimum absolute atomic E-state index is 0.139. The summed E-state index contributed by atoms with van der Waals surface area (Å²) < 4.78 is 0. The summed E-state index contributed by atoms with van der Waals surface area (Å²) in [6, 6.07) is 0. The molecule has 0 radical (unpaired) electrons. The average molecular weight is 312 g/mol. The highest BCUT2D eigenvalue weighted by atomic mass is 16.3. The van der Waals surface area contributed by atoms with Crippen molar-refractivity contribution in [2.24, 2.45) is 17.2 Å². The second kappa shape index (κ2) is 31.8. The summed E-state index contributed by atoms with van der Waals surface area (Å²) in [6.07, 6.45) is 0. The minimum Gasteiger partial charge on any atom is -0.395 e. The largest absolute Gasteiger partial charge is 0.395 e. The highest BCUT2D eigenvalue weighted by molar-refractivity contribution is 4.45. The van der Waals surface area contributed by atoms with Crippen molar-refractivity contribution in [2.45, 2.75) is 0 Å².